The zero-order chi connectivity index (χ0) is 20.1. The molecule has 0 radical (unpaired) electrons. The Labute approximate surface area is 168 Å². The van der Waals surface area contributed by atoms with E-state index in [2.05, 4.69) is 4.98 Å². The monoisotopic (exact) mass is 398 g/mol. The van der Waals surface area contributed by atoms with Crippen molar-refractivity contribution in [3.8, 4) is 5.75 Å². The molecule has 0 bridgehead atoms. The van der Waals surface area contributed by atoms with Gasteiger partial charge in [0.1, 0.15) is 17.4 Å². The SMILES string of the molecule is Cc1cc(C)cc(OCC(=O)N(Cc2ccc(F)cc2Cl)c2ccccn2)c1. The number of ether oxygens (including phenoxy) is 1. The Hall–Kier alpha value is -2.92. The van der Waals surface area contributed by atoms with Crippen molar-refractivity contribution in [3.63, 3.8) is 0 Å². The molecule has 0 saturated carbocycles. The van der Waals surface area contributed by atoms with Gasteiger partial charge in [0.25, 0.3) is 5.91 Å². The fourth-order valence-electron chi connectivity index (χ4n) is 2.87. The number of aryl methyl sites for hydroxylation is 2. The molecule has 3 aromatic rings. The lowest BCUT2D eigenvalue weighted by molar-refractivity contribution is -0.120. The fraction of sp³-hybridized carbons (Fsp3) is 0.182. The number of nitrogens with zero attached hydrogens (tertiary/aromatic N) is 2. The minimum atomic E-state index is -0.428. The molecule has 144 valence electrons. The number of hydrogen-bond acceptors (Lipinski definition) is 3. The highest BCUT2D eigenvalue weighted by molar-refractivity contribution is 6.31. The Bertz CT molecular complexity index is 959. The van der Waals surface area contributed by atoms with Gasteiger partial charge in [-0.05, 0) is 66.9 Å². The fourth-order valence-corrected chi connectivity index (χ4v) is 3.10. The minimum absolute atomic E-state index is 0.154. The van der Waals surface area contributed by atoms with E-state index in [9.17, 15) is 9.18 Å². The van der Waals surface area contributed by atoms with Crippen molar-refractivity contribution in [3.05, 3.63) is 88.3 Å². The van der Waals surface area contributed by atoms with Crippen LogP contribution < -0.4 is 9.64 Å². The van der Waals surface area contributed by atoms with Gasteiger partial charge in [0, 0.05) is 11.2 Å². The van der Waals surface area contributed by atoms with E-state index < -0.39 is 5.82 Å². The van der Waals surface area contributed by atoms with Gasteiger partial charge in [-0.15, -0.1) is 0 Å². The van der Waals surface area contributed by atoms with Crippen LogP contribution in [0.25, 0.3) is 0 Å². The molecule has 3 rings (SSSR count). The molecule has 0 spiro atoms. The van der Waals surface area contributed by atoms with E-state index in [1.807, 2.05) is 32.0 Å². The zero-order valence-electron chi connectivity index (χ0n) is 15.7. The number of aromatic nitrogens is 1. The highest BCUT2D eigenvalue weighted by Gasteiger charge is 2.19. The molecule has 0 N–H and O–H groups in total. The number of carbonyl (C=O) groups excluding carboxylic acids is 1. The van der Waals surface area contributed by atoms with Gasteiger partial charge in [-0.25, -0.2) is 9.37 Å². The second kappa shape index (κ2) is 8.85. The van der Waals surface area contributed by atoms with E-state index in [0.717, 1.165) is 11.1 Å². The Kier molecular flexibility index (Phi) is 6.26. The molecule has 6 heteroatoms. The number of anilines is 1. The number of benzene rings is 2. The number of hydrogen-bond donors (Lipinski definition) is 0. The van der Waals surface area contributed by atoms with Gasteiger partial charge in [-0.3, -0.25) is 9.69 Å². The van der Waals surface area contributed by atoms with Crippen molar-refractivity contribution in [1.82, 2.24) is 4.98 Å². The first kappa shape index (κ1) is 19.8. The minimum Gasteiger partial charge on any atom is -0.484 e. The van der Waals surface area contributed by atoms with E-state index in [-0.39, 0.29) is 24.1 Å². The summed E-state index contributed by atoms with van der Waals surface area (Å²) >= 11 is 6.14. The van der Waals surface area contributed by atoms with E-state index in [1.165, 1.54) is 17.0 Å². The summed E-state index contributed by atoms with van der Waals surface area (Å²) in [5.41, 5.74) is 2.73. The predicted molar refractivity (Wildman–Crippen MR) is 108 cm³/mol. The Morgan fingerprint density at radius 3 is 2.50 bits per heavy atom. The van der Waals surface area contributed by atoms with Crippen molar-refractivity contribution in [2.24, 2.45) is 0 Å². The highest BCUT2D eigenvalue weighted by atomic mass is 35.5. The molecule has 0 aliphatic carbocycles. The average Bonchev–Trinajstić information content (AvgIpc) is 2.65. The number of pyridine rings is 1. The van der Waals surface area contributed by atoms with Gasteiger partial charge in [-0.2, -0.15) is 0 Å². The molecular formula is C22H20ClFN2O2. The van der Waals surface area contributed by atoms with E-state index in [0.29, 0.717) is 17.1 Å². The molecule has 0 fully saturated rings. The van der Waals surface area contributed by atoms with Crippen LogP contribution in [0.15, 0.2) is 60.8 Å². The summed E-state index contributed by atoms with van der Waals surface area (Å²) in [7, 11) is 0. The van der Waals surface area contributed by atoms with Crippen LogP contribution in [0.3, 0.4) is 0 Å². The van der Waals surface area contributed by atoms with E-state index >= 15 is 0 Å². The van der Waals surface area contributed by atoms with Crippen LogP contribution in [0, 0.1) is 19.7 Å². The maximum Gasteiger partial charge on any atom is 0.266 e. The molecule has 2 aromatic carbocycles. The molecule has 0 aliphatic rings. The molecule has 28 heavy (non-hydrogen) atoms. The number of amides is 1. The largest absolute Gasteiger partial charge is 0.484 e. The first-order valence-corrected chi connectivity index (χ1v) is 9.16. The van der Waals surface area contributed by atoms with Gasteiger partial charge in [0.05, 0.1) is 6.54 Å². The van der Waals surface area contributed by atoms with Gasteiger partial charge >= 0.3 is 0 Å². The van der Waals surface area contributed by atoms with E-state index in [4.69, 9.17) is 16.3 Å². The van der Waals surface area contributed by atoms with Crippen molar-refractivity contribution >= 4 is 23.3 Å². The number of rotatable bonds is 6. The van der Waals surface area contributed by atoms with Crippen LogP contribution in [0.4, 0.5) is 10.2 Å². The maximum atomic E-state index is 13.3. The third-order valence-electron chi connectivity index (χ3n) is 4.13. The first-order chi connectivity index (χ1) is 13.4. The Morgan fingerprint density at radius 2 is 1.86 bits per heavy atom. The summed E-state index contributed by atoms with van der Waals surface area (Å²) in [5.74, 6) is 0.393. The normalized spacial score (nSPS) is 10.6. The summed E-state index contributed by atoms with van der Waals surface area (Å²) < 4.78 is 19.0. The average molecular weight is 399 g/mol. The molecule has 1 amide bonds. The topological polar surface area (TPSA) is 42.4 Å². The molecule has 4 nitrogen and oxygen atoms in total. The number of halogens is 2. The standard InChI is InChI=1S/C22H20ClFN2O2/c1-15-9-16(2)11-19(10-15)28-14-22(27)26(21-5-3-4-8-25-21)13-17-6-7-18(24)12-20(17)23/h3-12H,13-14H2,1-2H3. The quantitative estimate of drug-likeness (QED) is 0.580. The zero-order valence-corrected chi connectivity index (χ0v) is 16.4. The predicted octanol–water partition coefficient (Wildman–Crippen LogP) is 5.10. The summed E-state index contributed by atoms with van der Waals surface area (Å²) in [6.45, 7) is 3.94. The Balaban J connectivity index is 1.81. The van der Waals surface area contributed by atoms with E-state index in [1.54, 1.807) is 30.5 Å². The molecule has 0 aliphatic heterocycles. The lowest BCUT2D eigenvalue weighted by Crippen LogP contribution is -2.35. The van der Waals surface area contributed by atoms with Crippen LogP contribution >= 0.6 is 11.6 Å². The summed E-state index contributed by atoms with van der Waals surface area (Å²) in [5, 5.41) is 0.254. The lowest BCUT2D eigenvalue weighted by Gasteiger charge is -2.22. The third-order valence-corrected chi connectivity index (χ3v) is 4.48. The van der Waals surface area contributed by atoms with Gasteiger partial charge in [-0.1, -0.05) is 29.8 Å². The molecule has 0 saturated heterocycles. The molecule has 0 unspecified atom stereocenters. The second-order valence-electron chi connectivity index (χ2n) is 6.52. The summed E-state index contributed by atoms with van der Waals surface area (Å²) in [4.78, 5) is 18.6. The smallest absolute Gasteiger partial charge is 0.266 e. The van der Waals surface area contributed by atoms with Gasteiger partial charge in [0.2, 0.25) is 0 Å². The highest BCUT2D eigenvalue weighted by Crippen LogP contribution is 2.22. The van der Waals surface area contributed by atoms with Gasteiger partial charge < -0.3 is 4.74 Å². The van der Waals surface area contributed by atoms with Crippen molar-refractivity contribution in [2.75, 3.05) is 11.5 Å². The Morgan fingerprint density at radius 1 is 1.11 bits per heavy atom. The molecule has 0 atom stereocenters. The maximum absolute atomic E-state index is 13.3. The molecular weight excluding hydrogens is 379 g/mol. The lowest BCUT2D eigenvalue weighted by atomic mass is 10.1. The van der Waals surface area contributed by atoms with Crippen LogP contribution in [-0.4, -0.2) is 17.5 Å². The third kappa shape index (κ3) is 5.08. The van der Waals surface area contributed by atoms with Crippen LogP contribution in [0.1, 0.15) is 16.7 Å². The van der Waals surface area contributed by atoms with Crippen molar-refractivity contribution in [1.29, 1.82) is 0 Å². The van der Waals surface area contributed by atoms with Gasteiger partial charge in [0.15, 0.2) is 6.61 Å². The molecule has 1 heterocycles. The first-order valence-electron chi connectivity index (χ1n) is 8.79. The second-order valence-corrected chi connectivity index (χ2v) is 6.92. The van der Waals surface area contributed by atoms with Crippen LogP contribution in [0.2, 0.25) is 5.02 Å². The van der Waals surface area contributed by atoms with Crippen LogP contribution in [-0.2, 0) is 11.3 Å². The summed E-state index contributed by atoms with van der Waals surface area (Å²) in [6, 6.07) is 15.2. The van der Waals surface area contributed by atoms with Crippen LogP contribution in [0.5, 0.6) is 5.75 Å². The number of carbonyl (C=O) groups is 1. The van der Waals surface area contributed by atoms with Crippen molar-refractivity contribution in [2.45, 2.75) is 20.4 Å². The van der Waals surface area contributed by atoms with Crippen molar-refractivity contribution < 1.29 is 13.9 Å². The summed E-state index contributed by atoms with van der Waals surface area (Å²) in [6.07, 6.45) is 1.60. The molecule has 1 aromatic heterocycles.